The summed E-state index contributed by atoms with van der Waals surface area (Å²) < 4.78 is 33.0. The number of piperidine rings is 1. The Morgan fingerprint density at radius 2 is 2.00 bits per heavy atom. The van der Waals surface area contributed by atoms with Gasteiger partial charge >= 0.3 is 0 Å². The lowest BCUT2D eigenvalue weighted by Gasteiger charge is -2.32. The summed E-state index contributed by atoms with van der Waals surface area (Å²) in [5, 5.41) is -0.293. The van der Waals surface area contributed by atoms with Gasteiger partial charge in [0.15, 0.2) is 0 Å². The van der Waals surface area contributed by atoms with E-state index in [1.54, 1.807) is 27.2 Å². The zero-order valence-corrected chi connectivity index (χ0v) is 18.6. The summed E-state index contributed by atoms with van der Waals surface area (Å²) in [6.07, 6.45) is 4.85. The monoisotopic (exact) mass is 419 g/mol. The van der Waals surface area contributed by atoms with E-state index in [1.807, 2.05) is 22.8 Å². The molecule has 0 spiro atoms. The third-order valence-electron chi connectivity index (χ3n) is 5.63. The summed E-state index contributed by atoms with van der Waals surface area (Å²) in [6.45, 7) is 7.53. The van der Waals surface area contributed by atoms with E-state index in [2.05, 4.69) is 22.0 Å². The van der Waals surface area contributed by atoms with Crippen LogP contribution >= 0.6 is 0 Å². The zero-order valence-electron chi connectivity index (χ0n) is 17.8. The molecule has 0 aliphatic carbocycles. The van der Waals surface area contributed by atoms with Gasteiger partial charge in [-0.2, -0.15) is 0 Å². The Bertz CT molecular complexity index is 876. The van der Waals surface area contributed by atoms with Crippen LogP contribution in [0.25, 0.3) is 0 Å². The fourth-order valence-electron chi connectivity index (χ4n) is 3.98. The molecule has 160 valence electrons. The largest absolute Gasteiger partial charge is 0.384 e. The van der Waals surface area contributed by atoms with Gasteiger partial charge in [-0.05, 0) is 51.1 Å². The molecule has 0 N–H and O–H groups in total. The Balaban J connectivity index is 1.83. The van der Waals surface area contributed by atoms with Crippen LogP contribution in [-0.2, 0) is 34.1 Å². The molecule has 2 heterocycles. The third kappa shape index (κ3) is 5.47. The normalized spacial score (nSPS) is 18.4. The zero-order chi connectivity index (χ0) is 20.9. The maximum absolute atomic E-state index is 12.9. The van der Waals surface area contributed by atoms with Crippen molar-refractivity contribution in [3.05, 3.63) is 47.8 Å². The predicted octanol–water partition coefficient (Wildman–Crippen LogP) is 3.17. The van der Waals surface area contributed by atoms with Crippen LogP contribution in [0.1, 0.15) is 37.9 Å². The molecule has 1 unspecified atom stereocenters. The van der Waals surface area contributed by atoms with E-state index in [-0.39, 0.29) is 5.16 Å². The van der Waals surface area contributed by atoms with Crippen LogP contribution in [0.2, 0.25) is 0 Å². The summed E-state index contributed by atoms with van der Waals surface area (Å²) >= 11 is 0. The highest BCUT2D eigenvalue weighted by Crippen LogP contribution is 2.22. The number of imidazole rings is 1. The van der Waals surface area contributed by atoms with E-state index in [1.165, 1.54) is 12.0 Å². The Morgan fingerprint density at radius 1 is 1.24 bits per heavy atom. The number of benzene rings is 1. The number of ether oxygens (including phenoxy) is 1. The minimum Gasteiger partial charge on any atom is -0.384 e. The molecular formula is C22H33N3O3S. The van der Waals surface area contributed by atoms with E-state index >= 15 is 0 Å². The van der Waals surface area contributed by atoms with E-state index < -0.39 is 15.1 Å². The van der Waals surface area contributed by atoms with Crippen LogP contribution in [0, 0.1) is 5.92 Å². The number of aromatic nitrogens is 2. The number of aryl methyl sites for hydroxylation is 1. The quantitative estimate of drug-likeness (QED) is 0.625. The van der Waals surface area contributed by atoms with E-state index in [9.17, 15) is 8.42 Å². The Hall–Kier alpha value is -1.70. The smallest absolute Gasteiger partial charge is 0.228 e. The standard InChI is InChI=1S/C22H33N3O3S/c1-18(2)29(26,27)22-23-14-21(16-24-12-7-10-20(15-24)17-28-3)25(22)13-11-19-8-5-4-6-9-19/h4-6,8-9,14,18,20H,7,10-13,15-17H2,1-3H3. The number of hydrogen-bond acceptors (Lipinski definition) is 5. The summed E-state index contributed by atoms with van der Waals surface area (Å²) in [5.41, 5.74) is 2.16. The molecule has 1 saturated heterocycles. The molecule has 0 bridgehead atoms. The van der Waals surface area contributed by atoms with Crippen LogP contribution < -0.4 is 0 Å². The second kappa shape index (κ2) is 9.87. The van der Waals surface area contributed by atoms with Crippen molar-refractivity contribution in [2.75, 3.05) is 26.8 Å². The van der Waals surface area contributed by atoms with Gasteiger partial charge in [0.1, 0.15) is 0 Å². The lowest BCUT2D eigenvalue weighted by atomic mass is 9.99. The molecule has 0 amide bonds. The van der Waals surface area contributed by atoms with Crippen molar-refractivity contribution in [2.45, 2.75) is 56.6 Å². The molecule has 29 heavy (non-hydrogen) atoms. The maximum atomic E-state index is 12.9. The van der Waals surface area contributed by atoms with E-state index in [0.29, 0.717) is 12.5 Å². The Kier molecular flexibility index (Phi) is 7.49. The number of rotatable bonds is 9. The lowest BCUT2D eigenvalue weighted by Crippen LogP contribution is -2.37. The van der Waals surface area contributed by atoms with Crippen molar-refractivity contribution in [1.82, 2.24) is 14.5 Å². The topological polar surface area (TPSA) is 64.4 Å². The average Bonchev–Trinajstić information content (AvgIpc) is 3.11. The summed E-state index contributed by atoms with van der Waals surface area (Å²) in [4.78, 5) is 6.76. The molecule has 1 fully saturated rings. The van der Waals surface area contributed by atoms with Gasteiger partial charge in [-0.25, -0.2) is 13.4 Å². The molecule has 6 nitrogen and oxygen atoms in total. The van der Waals surface area contributed by atoms with Crippen molar-refractivity contribution in [3.8, 4) is 0 Å². The molecule has 7 heteroatoms. The van der Waals surface area contributed by atoms with Gasteiger partial charge in [-0.15, -0.1) is 0 Å². The number of methoxy groups -OCH3 is 1. The second-order valence-electron chi connectivity index (χ2n) is 8.21. The molecule has 2 aromatic rings. The van der Waals surface area contributed by atoms with Crippen molar-refractivity contribution < 1.29 is 13.2 Å². The Labute approximate surface area is 174 Å². The van der Waals surface area contributed by atoms with Crippen molar-refractivity contribution in [3.63, 3.8) is 0 Å². The minimum atomic E-state index is -3.44. The molecule has 1 aromatic carbocycles. The van der Waals surface area contributed by atoms with Crippen LogP contribution in [0.15, 0.2) is 41.7 Å². The third-order valence-corrected chi connectivity index (χ3v) is 7.71. The molecule has 1 aliphatic heterocycles. The van der Waals surface area contributed by atoms with Gasteiger partial charge in [0.05, 0.1) is 23.7 Å². The first-order valence-corrected chi connectivity index (χ1v) is 12.0. The fraction of sp³-hybridized carbons (Fsp3) is 0.591. The number of sulfone groups is 1. The minimum absolute atomic E-state index is 0.198. The summed E-state index contributed by atoms with van der Waals surface area (Å²) in [6, 6.07) is 10.2. The summed E-state index contributed by atoms with van der Waals surface area (Å²) in [7, 11) is -1.69. The fourth-order valence-corrected chi connectivity index (χ4v) is 5.11. The van der Waals surface area contributed by atoms with Gasteiger partial charge in [0.2, 0.25) is 15.0 Å². The number of hydrogen-bond donors (Lipinski definition) is 0. The molecule has 1 aliphatic rings. The average molecular weight is 420 g/mol. The molecule has 1 aromatic heterocycles. The van der Waals surface area contributed by atoms with Crippen molar-refractivity contribution in [2.24, 2.45) is 5.92 Å². The molecule has 0 radical (unpaired) electrons. The SMILES string of the molecule is COCC1CCCN(Cc2cnc(S(=O)(=O)C(C)C)n2CCc2ccccc2)C1. The summed E-state index contributed by atoms with van der Waals surface area (Å²) in [5.74, 6) is 0.535. The van der Waals surface area contributed by atoms with Crippen molar-refractivity contribution in [1.29, 1.82) is 0 Å². The maximum Gasteiger partial charge on any atom is 0.228 e. The predicted molar refractivity (Wildman–Crippen MR) is 115 cm³/mol. The van der Waals surface area contributed by atoms with Crippen molar-refractivity contribution >= 4 is 9.84 Å². The molecule has 3 rings (SSSR count). The first-order chi connectivity index (χ1) is 13.9. The highest BCUT2D eigenvalue weighted by molar-refractivity contribution is 7.91. The Morgan fingerprint density at radius 3 is 2.69 bits per heavy atom. The number of nitrogens with zero attached hydrogens (tertiary/aromatic N) is 3. The van der Waals surface area contributed by atoms with Gasteiger partial charge in [0.25, 0.3) is 0 Å². The highest BCUT2D eigenvalue weighted by Gasteiger charge is 2.28. The van der Waals surface area contributed by atoms with Crippen LogP contribution in [-0.4, -0.2) is 54.9 Å². The lowest BCUT2D eigenvalue weighted by molar-refractivity contribution is 0.0861. The van der Waals surface area contributed by atoms with Gasteiger partial charge < -0.3 is 9.30 Å². The second-order valence-corrected chi connectivity index (χ2v) is 10.6. The van der Waals surface area contributed by atoms with Gasteiger partial charge in [-0.3, -0.25) is 4.90 Å². The highest BCUT2D eigenvalue weighted by atomic mass is 32.2. The first-order valence-electron chi connectivity index (χ1n) is 10.4. The van der Waals surface area contributed by atoms with Crippen LogP contribution in [0.4, 0.5) is 0 Å². The number of likely N-dealkylation sites (tertiary alicyclic amines) is 1. The molecule has 0 saturated carbocycles. The van der Waals surface area contributed by atoms with E-state index in [4.69, 9.17) is 4.74 Å². The van der Waals surface area contributed by atoms with Crippen LogP contribution in [0.3, 0.4) is 0 Å². The molecule has 1 atom stereocenters. The van der Waals surface area contributed by atoms with Crippen LogP contribution in [0.5, 0.6) is 0 Å². The molecular weight excluding hydrogens is 386 g/mol. The van der Waals surface area contributed by atoms with Gasteiger partial charge in [0, 0.05) is 26.7 Å². The van der Waals surface area contributed by atoms with E-state index in [0.717, 1.165) is 44.8 Å². The first kappa shape index (κ1) is 22.0. The van der Waals surface area contributed by atoms with Gasteiger partial charge in [-0.1, -0.05) is 30.3 Å².